The van der Waals surface area contributed by atoms with E-state index < -0.39 is 27.1 Å². The number of hydrogen-bond donors (Lipinski definition) is 1. The fourth-order valence-corrected chi connectivity index (χ4v) is 3.72. The molecule has 0 saturated carbocycles. The molecule has 142 valence electrons. The Bertz CT molecular complexity index is 842. The van der Waals surface area contributed by atoms with Gasteiger partial charge in [-0.25, -0.2) is 0 Å². The number of thioether (sulfide) groups is 1. The number of hydrogen-bond acceptors (Lipinski definition) is 6. The fourth-order valence-electron chi connectivity index (χ4n) is 2.12. The number of nitro benzene ring substituents is 2. The minimum atomic E-state index is -0.785. The molecule has 1 amide bonds. The van der Waals surface area contributed by atoms with Gasteiger partial charge in [0, 0.05) is 40.2 Å². The van der Waals surface area contributed by atoms with Crippen molar-refractivity contribution >= 4 is 52.2 Å². The molecule has 0 aliphatic heterocycles. The zero-order valence-electron chi connectivity index (χ0n) is 13.7. The standard InChI is InChI=1S/C16H13Cl2N3O5S/c17-14-2-1-3-15(18)13(14)9-27-5-4-19-16(22)10-6-11(20(23)24)8-12(7-10)21(25)26/h1-3,6-8H,4-5,9H2,(H,19,22). The van der Waals surface area contributed by atoms with E-state index in [0.717, 1.165) is 23.8 Å². The summed E-state index contributed by atoms with van der Waals surface area (Å²) in [6.45, 7) is 0.266. The van der Waals surface area contributed by atoms with Crippen molar-refractivity contribution in [3.05, 3.63) is 77.8 Å². The molecule has 0 heterocycles. The molecule has 27 heavy (non-hydrogen) atoms. The average Bonchev–Trinajstić information content (AvgIpc) is 2.62. The van der Waals surface area contributed by atoms with Crippen LogP contribution in [-0.2, 0) is 5.75 Å². The number of halogens is 2. The van der Waals surface area contributed by atoms with Gasteiger partial charge in [0.15, 0.2) is 0 Å². The van der Waals surface area contributed by atoms with E-state index in [-0.39, 0.29) is 12.1 Å². The molecule has 2 aromatic carbocycles. The Labute approximate surface area is 168 Å². The first-order valence-electron chi connectivity index (χ1n) is 7.52. The zero-order valence-corrected chi connectivity index (χ0v) is 16.0. The number of benzene rings is 2. The third kappa shape index (κ3) is 5.81. The first-order chi connectivity index (χ1) is 12.8. The molecule has 0 aromatic heterocycles. The van der Waals surface area contributed by atoms with Crippen LogP contribution >= 0.6 is 35.0 Å². The average molecular weight is 430 g/mol. The highest BCUT2D eigenvalue weighted by molar-refractivity contribution is 7.98. The molecule has 11 heteroatoms. The van der Waals surface area contributed by atoms with Gasteiger partial charge in [-0.05, 0) is 17.7 Å². The lowest BCUT2D eigenvalue weighted by Crippen LogP contribution is -2.25. The first-order valence-corrected chi connectivity index (χ1v) is 9.43. The Balaban J connectivity index is 1.92. The number of amides is 1. The van der Waals surface area contributed by atoms with Crippen LogP contribution in [0, 0.1) is 20.2 Å². The van der Waals surface area contributed by atoms with E-state index in [1.165, 1.54) is 11.8 Å². The smallest absolute Gasteiger partial charge is 0.277 e. The van der Waals surface area contributed by atoms with Crippen LogP contribution in [0.2, 0.25) is 10.0 Å². The number of nitro groups is 2. The van der Waals surface area contributed by atoms with Gasteiger partial charge < -0.3 is 5.32 Å². The van der Waals surface area contributed by atoms with Gasteiger partial charge in [-0.1, -0.05) is 29.3 Å². The molecule has 2 aromatic rings. The molecule has 0 spiro atoms. The number of nitrogens with one attached hydrogen (secondary N) is 1. The number of carbonyl (C=O) groups is 1. The second-order valence-corrected chi connectivity index (χ2v) is 7.18. The quantitative estimate of drug-likeness (QED) is 0.375. The third-order valence-corrected chi connectivity index (χ3v) is 5.12. The summed E-state index contributed by atoms with van der Waals surface area (Å²) < 4.78 is 0. The minimum Gasteiger partial charge on any atom is -0.351 e. The van der Waals surface area contributed by atoms with E-state index in [1.54, 1.807) is 18.2 Å². The Morgan fingerprint density at radius 1 is 1.04 bits per heavy atom. The summed E-state index contributed by atoms with van der Waals surface area (Å²) in [5.74, 6) is 0.458. The van der Waals surface area contributed by atoms with E-state index >= 15 is 0 Å². The zero-order chi connectivity index (χ0) is 20.0. The van der Waals surface area contributed by atoms with Crippen LogP contribution in [0.4, 0.5) is 11.4 Å². The minimum absolute atomic E-state index is 0.143. The summed E-state index contributed by atoms with van der Waals surface area (Å²) in [6.07, 6.45) is 0. The Morgan fingerprint density at radius 2 is 1.59 bits per heavy atom. The highest BCUT2D eigenvalue weighted by atomic mass is 35.5. The van der Waals surface area contributed by atoms with E-state index in [9.17, 15) is 25.0 Å². The van der Waals surface area contributed by atoms with E-state index in [0.29, 0.717) is 21.6 Å². The van der Waals surface area contributed by atoms with Crippen molar-refractivity contribution in [2.24, 2.45) is 0 Å². The lowest BCUT2D eigenvalue weighted by atomic mass is 10.1. The van der Waals surface area contributed by atoms with Crippen molar-refractivity contribution in [2.45, 2.75) is 5.75 Å². The molecule has 0 saturated heterocycles. The SMILES string of the molecule is O=C(NCCSCc1c(Cl)cccc1Cl)c1cc([N+](=O)[O-])cc([N+](=O)[O-])c1. The summed E-state index contributed by atoms with van der Waals surface area (Å²) in [5, 5.41) is 25.4. The Hall–Kier alpha value is -2.36. The largest absolute Gasteiger partial charge is 0.351 e. The van der Waals surface area contributed by atoms with E-state index in [1.807, 2.05) is 0 Å². The molecule has 0 radical (unpaired) electrons. The highest BCUT2D eigenvalue weighted by Crippen LogP contribution is 2.28. The van der Waals surface area contributed by atoms with Crippen molar-refractivity contribution in [1.82, 2.24) is 5.32 Å². The summed E-state index contributed by atoms with van der Waals surface area (Å²) in [4.78, 5) is 32.3. The van der Waals surface area contributed by atoms with E-state index in [4.69, 9.17) is 23.2 Å². The summed E-state index contributed by atoms with van der Waals surface area (Å²) in [7, 11) is 0. The third-order valence-electron chi connectivity index (χ3n) is 3.43. The second kappa shape index (κ2) is 9.54. The Kier molecular flexibility index (Phi) is 7.40. The molecule has 0 atom stereocenters. The molecule has 0 fully saturated rings. The second-order valence-electron chi connectivity index (χ2n) is 5.26. The molecule has 2 rings (SSSR count). The molecule has 0 aliphatic carbocycles. The van der Waals surface area contributed by atoms with Gasteiger partial charge in [0.1, 0.15) is 0 Å². The van der Waals surface area contributed by atoms with Crippen LogP contribution in [0.5, 0.6) is 0 Å². The van der Waals surface area contributed by atoms with Crippen LogP contribution < -0.4 is 5.32 Å². The predicted octanol–water partition coefficient (Wildman–Crippen LogP) is 4.47. The molecular formula is C16H13Cl2N3O5S. The van der Waals surface area contributed by atoms with Gasteiger partial charge in [-0.2, -0.15) is 11.8 Å². The summed E-state index contributed by atoms with van der Waals surface area (Å²) in [6, 6.07) is 8.02. The van der Waals surface area contributed by atoms with E-state index in [2.05, 4.69) is 5.32 Å². The maximum atomic E-state index is 12.1. The van der Waals surface area contributed by atoms with Crippen LogP contribution in [0.15, 0.2) is 36.4 Å². The number of nitrogens with zero attached hydrogens (tertiary/aromatic N) is 2. The van der Waals surface area contributed by atoms with Crippen LogP contribution in [0.25, 0.3) is 0 Å². The normalized spacial score (nSPS) is 10.4. The van der Waals surface area contributed by atoms with Crippen LogP contribution in [0.3, 0.4) is 0 Å². The highest BCUT2D eigenvalue weighted by Gasteiger charge is 2.19. The maximum absolute atomic E-state index is 12.1. The van der Waals surface area contributed by atoms with Gasteiger partial charge in [-0.15, -0.1) is 0 Å². The fraction of sp³-hybridized carbons (Fsp3) is 0.188. The van der Waals surface area contributed by atoms with Crippen molar-refractivity contribution < 1.29 is 14.6 Å². The lowest BCUT2D eigenvalue weighted by molar-refractivity contribution is -0.394. The van der Waals surface area contributed by atoms with Crippen LogP contribution in [0.1, 0.15) is 15.9 Å². The van der Waals surface area contributed by atoms with Crippen molar-refractivity contribution in [3.8, 4) is 0 Å². The Morgan fingerprint density at radius 3 is 2.11 bits per heavy atom. The summed E-state index contributed by atoms with van der Waals surface area (Å²) >= 11 is 13.6. The monoisotopic (exact) mass is 429 g/mol. The van der Waals surface area contributed by atoms with Gasteiger partial charge >= 0.3 is 0 Å². The number of rotatable bonds is 8. The van der Waals surface area contributed by atoms with Crippen LogP contribution in [-0.4, -0.2) is 28.1 Å². The van der Waals surface area contributed by atoms with Crippen molar-refractivity contribution in [2.75, 3.05) is 12.3 Å². The van der Waals surface area contributed by atoms with Crippen molar-refractivity contribution in [3.63, 3.8) is 0 Å². The van der Waals surface area contributed by atoms with Gasteiger partial charge in [-0.3, -0.25) is 25.0 Å². The topological polar surface area (TPSA) is 115 Å². The molecule has 0 bridgehead atoms. The van der Waals surface area contributed by atoms with Gasteiger partial charge in [0.25, 0.3) is 17.3 Å². The van der Waals surface area contributed by atoms with Crippen molar-refractivity contribution in [1.29, 1.82) is 0 Å². The molecule has 1 N–H and O–H groups in total. The molecule has 0 aliphatic rings. The lowest BCUT2D eigenvalue weighted by Gasteiger charge is -2.08. The molecule has 0 unspecified atom stereocenters. The number of non-ortho nitro benzene ring substituents is 2. The van der Waals surface area contributed by atoms with Gasteiger partial charge in [0.2, 0.25) is 0 Å². The number of carbonyl (C=O) groups excluding carboxylic acids is 1. The first kappa shape index (κ1) is 20.9. The molecule has 8 nitrogen and oxygen atoms in total. The summed E-state index contributed by atoms with van der Waals surface area (Å²) in [5.41, 5.74) is -0.379. The predicted molar refractivity (Wildman–Crippen MR) is 105 cm³/mol. The maximum Gasteiger partial charge on any atom is 0.277 e. The van der Waals surface area contributed by atoms with Gasteiger partial charge in [0.05, 0.1) is 21.5 Å². The molecular weight excluding hydrogens is 417 g/mol.